The molecule has 0 bridgehead atoms. The SMILES string of the molecule is Cc1c(C(N)=O)sc(NC(=O)c2ccn(COc3ccc(F)cc3)n2)c1C(=O)OC(C)C. The largest absolute Gasteiger partial charge is 0.471 e. The molecule has 0 radical (unpaired) electrons. The van der Waals surface area contributed by atoms with Gasteiger partial charge in [0.1, 0.15) is 16.6 Å². The van der Waals surface area contributed by atoms with E-state index in [1.807, 2.05) is 0 Å². The lowest BCUT2D eigenvalue weighted by atomic mass is 10.1. The van der Waals surface area contributed by atoms with Gasteiger partial charge in [-0.1, -0.05) is 0 Å². The molecule has 0 saturated carbocycles. The van der Waals surface area contributed by atoms with E-state index in [9.17, 15) is 18.8 Å². The van der Waals surface area contributed by atoms with E-state index >= 15 is 0 Å². The van der Waals surface area contributed by atoms with Crippen molar-refractivity contribution in [3.05, 3.63) is 64.0 Å². The molecule has 2 amide bonds. The highest BCUT2D eigenvalue weighted by molar-refractivity contribution is 7.18. The first-order chi connectivity index (χ1) is 15.2. The second kappa shape index (κ2) is 9.60. The summed E-state index contributed by atoms with van der Waals surface area (Å²) in [6.45, 7) is 4.93. The molecule has 0 saturated heterocycles. The summed E-state index contributed by atoms with van der Waals surface area (Å²) in [6, 6.07) is 6.94. The normalized spacial score (nSPS) is 10.8. The van der Waals surface area contributed by atoms with Crippen molar-refractivity contribution in [2.24, 2.45) is 5.73 Å². The van der Waals surface area contributed by atoms with Gasteiger partial charge in [0.2, 0.25) is 0 Å². The number of aromatic nitrogens is 2. The number of halogens is 1. The van der Waals surface area contributed by atoms with Gasteiger partial charge in [0.15, 0.2) is 12.4 Å². The number of hydrogen-bond donors (Lipinski definition) is 2. The number of nitrogens with zero attached hydrogens (tertiary/aromatic N) is 2. The lowest BCUT2D eigenvalue weighted by molar-refractivity contribution is 0.0379. The van der Waals surface area contributed by atoms with Crippen LogP contribution in [-0.2, 0) is 11.5 Å². The highest BCUT2D eigenvalue weighted by Gasteiger charge is 2.27. The molecule has 1 aromatic carbocycles. The van der Waals surface area contributed by atoms with Crippen LogP contribution in [0.2, 0.25) is 0 Å². The van der Waals surface area contributed by atoms with Crippen molar-refractivity contribution in [3.63, 3.8) is 0 Å². The van der Waals surface area contributed by atoms with E-state index < -0.39 is 17.8 Å². The Morgan fingerprint density at radius 2 is 1.91 bits per heavy atom. The highest BCUT2D eigenvalue weighted by atomic mass is 32.1. The first kappa shape index (κ1) is 22.9. The van der Waals surface area contributed by atoms with Crippen molar-refractivity contribution in [2.75, 3.05) is 5.32 Å². The van der Waals surface area contributed by atoms with Crippen molar-refractivity contribution in [1.29, 1.82) is 0 Å². The molecule has 2 heterocycles. The van der Waals surface area contributed by atoms with Gasteiger partial charge < -0.3 is 20.5 Å². The summed E-state index contributed by atoms with van der Waals surface area (Å²) in [4.78, 5) is 37.1. The van der Waals surface area contributed by atoms with Gasteiger partial charge in [-0.2, -0.15) is 5.10 Å². The summed E-state index contributed by atoms with van der Waals surface area (Å²) >= 11 is 0.891. The summed E-state index contributed by atoms with van der Waals surface area (Å²) in [5.74, 6) is -1.92. The molecule has 0 aliphatic rings. The molecule has 168 valence electrons. The number of carbonyl (C=O) groups is 3. The molecule has 0 aliphatic heterocycles. The number of benzene rings is 1. The minimum absolute atomic E-state index is 0.00515. The lowest BCUT2D eigenvalue weighted by Crippen LogP contribution is -2.18. The molecule has 32 heavy (non-hydrogen) atoms. The molecular formula is C21H21FN4O5S. The number of thiophene rings is 1. The van der Waals surface area contributed by atoms with Gasteiger partial charge in [-0.3, -0.25) is 9.59 Å². The van der Waals surface area contributed by atoms with Crippen molar-refractivity contribution < 1.29 is 28.2 Å². The van der Waals surface area contributed by atoms with Crippen LogP contribution in [0, 0.1) is 12.7 Å². The number of nitrogens with one attached hydrogen (secondary N) is 1. The van der Waals surface area contributed by atoms with Crippen LogP contribution in [0.5, 0.6) is 5.75 Å². The van der Waals surface area contributed by atoms with Crippen LogP contribution >= 0.6 is 11.3 Å². The Labute approximate surface area is 186 Å². The Morgan fingerprint density at radius 3 is 2.53 bits per heavy atom. The van der Waals surface area contributed by atoms with Crippen LogP contribution in [0.15, 0.2) is 36.5 Å². The third kappa shape index (κ3) is 5.30. The highest BCUT2D eigenvalue weighted by Crippen LogP contribution is 2.34. The number of hydrogen-bond acceptors (Lipinski definition) is 7. The van der Waals surface area contributed by atoms with E-state index in [0.29, 0.717) is 11.3 Å². The Hall–Kier alpha value is -3.73. The molecule has 11 heteroatoms. The number of amides is 2. The molecule has 3 N–H and O–H groups in total. The Balaban J connectivity index is 1.75. The molecule has 0 unspecified atom stereocenters. The second-order valence-electron chi connectivity index (χ2n) is 7.00. The van der Waals surface area contributed by atoms with Crippen LogP contribution < -0.4 is 15.8 Å². The molecule has 9 nitrogen and oxygen atoms in total. The van der Waals surface area contributed by atoms with Gasteiger partial charge in [-0.25, -0.2) is 13.9 Å². The number of rotatable bonds is 8. The van der Waals surface area contributed by atoms with Gasteiger partial charge in [-0.05, 0) is 56.7 Å². The van der Waals surface area contributed by atoms with E-state index in [1.54, 1.807) is 20.8 Å². The maximum absolute atomic E-state index is 13.0. The molecule has 2 aromatic heterocycles. The maximum Gasteiger partial charge on any atom is 0.341 e. The van der Waals surface area contributed by atoms with Crippen LogP contribution in [0.3, 0.4) is 0 Å². The third-order valence-corrected chi connectivity index (χ3v) is 5.42. The van der Waals surface area contributed by atoms with Crippen molar-refractivity contribution in [1.82, 2.24) is 9.78 Å². The first-order valence-electron chi connectivity index (χ1n) is 9.53. The molecule has 0 fully saturated rings. The summed E-state index contributed by atoms with van der Waals surface area (Å²) < 4.78 is 25.0. The molecular weight excluding hydrogens is 439 g/mol. The van der Waals surface area contributed by atoms with E-state index in [1.165, 1.54) is 41.2 Å². The number of anilines is 1. The number of esters is 1. The van der Waals surface area contributed by atoms with Gasteiger partial charge in [0.25, 0.3) is 11.8 Å². The summed E-state index contributed by atoms with van der Waals surface area (Å²) in [7, 11) is 0. The first-order valence-corrected chi connectivity index (χ1v) is 10.3. The standard InChI is InChI=1S/C21H21FN4O5S/c1-11(2)31-21(29)16-12(3)17(18(23)27)32-20(16)24-19(28)15-8-9-26(25-15)10-30-14-6-4-13(22)5-7-14/h4-9,11H,10H2,1-3H3,(H2,23,27)(H,24,28). The smallest absolute Gasteiger partial charge is 0.341 e. The van der Waals surface area contributed by atoms with Gasteiger partial charge in [0, 0.05) is 6.20 Å². The number of primary amides is 1. The van der Waals surface area contributed by atoms with E-state index in [-0.39, 0.29) is 39.8 Å². The van der Waals surface area contributed by atoms with Crippen LogP contribution in [0.4, 0.5) is 9.39 Å². The molecule has 0 spiro atoms. The van der Waals surface area contributed by atoms with E-state index in [0.717, 1.165) is 11.3 Å². The Bertz CT molecular complexity index is 1150. The molecule has 0 aliphatic carbocycles. The monoisotopic (exact) mass is 460 g/mol. The molecule has 0 atom stereocenters. The van der Waals surface area contributed by atoms with Crippen molar-refractivity contribution >= 4 is 34.1 Å². The Morgan fingerprint density at radius 1 is 1.22 bits per heavy atom. The minimum atomic E-state index is -0.714. The number of carbonyl (C=O) groups excluding carboxylic acids is 3. The van der Waals surface area contributed by atoms with Crippen LogP contribution in [-0.4, -0.2) is 33.7 Å². The third-order valence-electron chi connectivity index (χ3n) is 4.19. The fourth-order valence-corrected chi connectivity index (χ4v) is 3.79. The zero-order chi connectivity index (χ0) is 23.4. The summed E-state index contributed by atoms with van der Waals surface area (Å²) in [6.07, 6.45) is 1.14. The topological polar surface area (TPSA) is 126 Å². The van der Waals surface area contributed by atoms with Gasteiger partial charge in [-0.15, -0.1) is 11.3 Å². The second-order valence-corrected chi connectivity index (χ2v) is 8.02. The van der Waals surface area contributed by atoms with Crippen LogP contribution in [0.25, 0.3) is 0 Å². The molecule has 3 aromatic rings. The number of nitrogens with two attached hydrogens (primary N) is 1. The fraction of sp³-hybridized carbons (Fsp3) is 0.238. The predicted octanol–water partition coefficient (Wildman–Crippen LogP) is 3.35. The van der Waals surface area contributed by atoms with Crippen LogP contribution in [0.1, 0.15) is 49.9 Å². The summed E-state index contributed by atoms with van der Waals surface area (Å²) in [5.41, 5.74) is 5.86. The zero-order valence-electron chi connectivity index (χ0n) is 17.5. The van der Waals surface area contributed by atoms with E-state index in [2.05, 4.69) is 10.4 Å². The lowest BCUT2D eigenvalue weighted by Gasteiger charge is -2.10. The minimum Gasteiger partial charge on any atom is -0.471 e. The molecule has 3 rings (SSSR count). The quantitative estimate of drug-likeness (QED) is 0.497. The average molecular weight is 460 g/mol. The fourth-order valence-electron chi connectivity index (χ4n) is 2.75. The number of ether oxygens (including phenoxy) is 2. The predicted molar refractivity (Wildman–Crippen MR) is 115 cm³/mol. The average Bonchev–Trinajstić information content (AvgIpc) is 3.31. The Kier molecular flexibility index (Phi) is 6.89. The van der Waals surface area contributed by atoms with Crippen molar-refractivity contribution in [3.8, 4) is 5.75 Å². The van der Waals surface area contributed by atoms with Gasteiger partial charge in [0.05, 0.1) is 16.5 Å². The maximum atomic E-state index is 13.0. The van der Waals surface area contributed by atoms with E-state index in [4.69, 9.17) is 15.2 Å². The zero-order valence-corrected chi connectivity index (χ0v) is 18.4. The van der Waals surface area contributed by atoms with Crippen molar-refractivity contribution in [2.45, 2.75) is 33.6 Å². The summed E-state index contributed by atoms with van der Waals surface area (Å²) in [5, 5.41) is 6.87. The van der Waals surface area contributed by atoms with Gasteiger partial charge >= 0.3 is 5.97 Å².